The van der Waals surface area contributed by atoms with Crippen LogP contribution in [0, 0.1) is 0 Å². The highest BCUT2D eigenvalue weighted by atomic mass is 79.9. The van der Waals surface area contributed by atoms with Crippen molar-refractivity contribution in [2.45, 2.75) is 32.6 Å². The molecule has 1 aromatic carbocycles. The number of benzene rings is 1. The first kappa shape index (κ1) is 16.0. The lowest BCUT2D eigenvalue weighted by molar-refractivity contribution is -0.137. The molecule has 0 saturated heterocycles. The Morgan fingerprint density at radius 1 is 1.29 bits per heavy atom. The van der Waals surface area contributed by atoms with Gasteiger partial charge in [-0.15, -0.1) is 0 Å². The van der Waals surface area contributed by atoms with E-state index in [1.54, 1.807) is 18.3 Å². The molecule has 0 aliphatic carbocycles. The van der Waals surface area contributed by atoms with Gasteiger partial charge in [-0.2, -0.15) is 18.3 Å². The molecule has 0 aliphatic heterocycles. The van der Waals surface area contributed by atoms with Crippen LogP contribution in [0.4, 0.5) is 13.2 Å². The number of halogens is 4. The Balaban J connectivity index is 2.28. The molecule has 21 heavy (non-hydrogen) atoms. The van der Waals surface area contributed by atoms with E-state index in [0.717, 1.165) is 17.8 Å². The monoisotopic (exact) mass is 361 g/mol. The molecule has 0 unspecified atom stereocenters. The van der Waals surface area contributed by atoms with E-state index >= 15 is 0 Å². The molecular weight excluding hydrogens is 347 g/mol. The van der Waals surface area contributed by atoms with Gasteiger partial charge in [0, 0.05) is 23.3 Å². The predicted octanol–water partition coefficient (Wildman–Crippen LogP) is 4.15. The first-order chi connectivity index (χ1) is 9.75. The van der Waals surface area contributed by atoms with Crippen LogP contribution in [-0.4, -0.2) is 15.8 Å². The third kappa shape index (κ3) is 4.31. The summed E-state index contributed by atoms with van der Waals surface area (Å²) in [6.07, 6.45) is -2.73. The van der Waals surface area contributed by atoms with Crippen molar-refractivity contribution in [1.29, 1.82) is 0 Å². The fraction of sp³-hybridized carbons (Fsp3) is 0.357. The molecule has 0 fully saturated rings. The van der Waals surface area contributed by atoms with Crippen LogP contribution in [0.1, 0.15) is 25.1 Å². The lowest BCUT2D eigenvalue weighted by Gasteiger charge is -2.10. The summed E-state index contributed by atoms with van der Waals surface area (Å²) < 4.78 is 40.3. The first-order valence-corrected chi connectivity index (χ1v) is 7.21. The molecule has 0 amide bonds. The molecule has 0 aliphatic rings. The van der Waals surface area contributed by atoms with E-state index in [-0.39, 0.29) is 0 Å². The molecule has 7 heteroatoms. The zero-order valence-electron chi connectivity index (χ0n) is 11.6. The van der Waals surface area contributed by atoms with Gasteiger partial charge in [-0.05, 0) is 24.3 Å². The summed E-state index contributed by atoms with van der Waals surface area (Å²) in [4.78, 5) is 0. The molecule has 2 aromatic rings. The van der Waals surface area contributed by atoms with Gasteiger partial charge >= 0.3 is 6.18 Å². The van der Waals surface area contributed by atoms with Gasteiger partial charge in [0.05, 0.1) is 16.9 Å². The molecule has 1 N–H and O–H groups in total. The topological polar surface area (TPSA) is 29.9 Å². The molecule has 0 bridgehead atoms. The molecular formula is C14H15BrF3N3. The maximum absolute atomic E-state index is 12.8. The maximum atomic E-state index is 12.8. The van der Waals surface area contributed by atoms with Crippen molar-refractivity contribution in [2.24, 2.45) is 0 Å². The Morgan fingerprint density at radius 2 is 2.00 bits per heavy atom. The second-order valence-corrected chi connectivity index (χ2v) is 5.90. The van der Waals surface area contributed by atoms with Crippen LogP contribution < -0.4 is 5.32 Å². The van der Waals surface area contributed by atoms with Gasteiger partial charge in [0.1, 0.15) is 0 Å². The van der Waals surface area contributed by atoms with E-state index in [9.17, 15) is 13.2 Å². The van der Waals surface area contributed by atoms with Crippen molar-refractivity contribution >= 4 is 15.9 Å². The van der Waals surface area contributed by atoms with Gasteiger partial charge in [-0.3, -0.25) is 0 Å². The average Bonchev–Trinajstić information content (AvgIpc) is 2.83. The lowest BCUT2D eigenvalue weighted by atomic mass is 10.2. The highest BCUT2D eigenvalue weighted by Gasteiger charge is 2.31. The van der Waals surface area contributed by atoms with Gasteiger partial charge in [0.15, 0.2) is 0 Å². The maximum Gasteiger partial charge on any atom is 0.416 e. The lowest BCUT2D eigenvalue weighted by Crippen LogP contribution is -2.22. The van der Waals surface area contributed by atoms with E-state index in [2.05, 4.69) is 26.3 Å². The summed E-state index contributed by atoms with van der Waals surface area (Å²) in [5, 5.41) is 7.49. The number of nitrogens with zero attached hydrogens (tertiary/aromatic N) is 2. The molecule has 1 aromatic heterocycles. The number of nitrogens with one attached hydrogen (secondary N) is 1. The number of alkyl halides is 3. The van der Waals surface area contributed by atoms with Crippen LogP contribution in [0.25, 0.3) is 5.69 Å². The Bertz CT molecular complexity index is 620. The number of hydrogen-bond donors (Lipinski definition) is 1. The van der Waals surface area contributed by atoms with Crippen molar-refractivity contribution < 1.29 is 13.2 Å². The second kappa shape index (κ2) is 6.19. The van der Waals surface area contributed by atoms with Gasteiger partial charge in [0.25, 0.3) is 0 Å². The van der Waals surface area contributed by atoms with Crippen LogP contribution in [0.2, 0.25) is 0 Å². The van der Waals surface area contributed by atoms with Gasteiger partial charge in [-0.1, -0.05) is 29.8 Å². The van der Waals surface area contributed by atoms with Crippen LogP contribution in [0.3, 0.4) is 0 Å². The standard InChI is InChI=1S/C14H15BrF3N3/c1-9(2)19-8-12-3-4-21(20-12)13-6-10(14(16,17)18)5-11(15)7-13/h3-7,9,19H,8H2,1-2H3. The highest BCUT2D eigenvalue weighted by molar-refractivity contribution is 9.10. The third-order valence-electron chi connectivity index (χ3n) is 2.81. The van der Waals surface area contributed by atoms with Crippen molar-refractivity contribution in [2.75, 3.05) is 0 Å². The summed E-state index contributed by atoms with van der Waals surface area (Å²) in [6.45, 7) is 4.60. The summed E-state index contributed by atoms with van der Waals surface area (Å²) >= 11 is 3.11. The molecule has 1 heterocycles. The SMILES string of the molecule is CC(C)NCc1ccn(-c2cc(Br)cc(C(F)(F)F)c2)n1. The Morgan fingerprint density at radius 3 is 2.62 bits per heavy atom. The summed E-state index contributed by atoms with van der Waals surface area (Å²) in [5.74, 6) is 0. The third-order valence-corrected chi connectivity index (χ3v) is 3.27. The minimum absolute atomic E-state index is 0.317. The van der Waals surface area contributed by atoms with E-state index in [1.807, 2.05) is 13.8 Å². The number of rotatable bonds is 4. The Labute approximate surface area is 129 Å². The fourth-order valence-electron chi connectivity index (χ4n) is 1.78. The van der Waals surface area contributed by atoms with Crippen molar-refractivity contribution in [3.63, 3.8) is 0 Å². The quantitative estimate of drug-likeness (QED) is 0.886. The van der Waals surface area contributed by atoms with Crippen LogP contribution in [-0.2, 0) is 12.7 Å². The van der Waals surface area contributed by atoms with Crippen molar-refractivity contribution in [1.82, 2.24) is 15.1 Å². The molecule has 114 valence electrons. The van der Waals surface area contributed by atoms with Crippen LogP contribution in [0.15, 0.2) is 34.9 Å². The molecule has 0 atom stereocenters. The number of aromatic nitrogens is 2. The van der Waals surface area contributed by atoms with Crippen molar-refractivity contribution in [3.8, 4) is 5.69 Å². The molecule has 0 radical (unpaired) electrons. The van der Waals surface area contributed by atoms with Gasteiger partial charge in [-0.25, -0.2) is 4.68 Å². The van der Waals surface area contributed by atoms with Gasteiger partial charge in [0.2, 0.25) is 0 Å². The zero-order valence-corrected chi connectivity index (χ0v) is 13.2. The smallest absolute Gasteiger partial charge is 0.309 e. The molecule has 0 spiro atoms. The summed E-state index contributed by atoms with van der Waals surface area (Å²) in [6, 6.07) is 5.83. The first-order valence-electron chi connectivity index (χ1n) is 6.42. The summed E-state index contributed by atoms with van der Waals surface area (Å²) in [7, 11) is 0. The van der Waals surface area contributed by atoms with Gasteiger partial charge < -0.3 is 5.32 Å². The largest absolute Gasteiger partial charge is 0.416 e. The van der Waals surface area contributed by atoms with Crippen molar-refractivity contribution in [3.05, 3.63) is 46.2 Å². The Kier molecular flexibility index (Phi) is 4.73. The van der Waals surface area contributed by atoms with E-state index < -0.39 is 11.7 Å². The molecule has 0 saturated carbocycles. The number of hydrogen-bond acceptors (Lipinski definition) is 2. The minimum atomic E-state index is -4.38. The average molecular weight is 362 g/mol. The second-order valence-electron chi connectivity index (χ2n) is 4.98. The predicted molar refractivity (Wildman–Crippen MR) is 78.2 cm³/mol. The minimum Gasteiger partial charge on any atom is -0.309 e. The van der Waals surface area contributed by atoms with E-state index in [0.29, 0.717) is 22.7 Å². The zero-order chi connectivity index (χ0) is 15.6. The van der Waals surface area contributed by atoms with E-state index in [1.165, 1.54) is 4.68 Å². The Hall–Kier alpha value is -1.34. The normalized spacial score (nSPS) is 12.1. The highest BCUT2D eigenvalue weighted by Crippen LogP contribution is 2.32. The molecule has 2 rings (SSSR count). The molecule has 3 nitrogen and oxygen atoms in total. The fourth-order valence-corrected chi connectivity index (χ4v) is 2.26. The summed E-state index contributed by atoms with van der Waals surface area (Å²) in [5.41, 5.74) is 0.439. The van der Waals surface area contributed by atoms with E-state index in [4.69, 9.17) is 0 Å². The van der Waals surface area contributed by atoms with Crippen LogP contribution >= 0.6 is 15.9 Å². The van der Waals surface area contributed by atoms with Crippen LogP contribution in [0.5, 0.6) is 0 Å².